The van der Waals surface area contributed by atoms with Crippen LogP contribution in [0.4, 0.5) is 0 Å². The van der Waals surface area contributed by atoms with Crippen LogP contribution >= 0.6 is 0 Å². The van der Waals surface area contributed by atoms with Crippen molar-refractivity contribution in [3.8, 4) is 5.75 Å². The van der Waals surface area contributed by atoms with Crippen molar-refractivity contribution in [1.82, 2.24) is 0 Å². The Kier molecular flexibility index (Phi) is 19.2. The molecule has 180 valence electrons. The maximum atomic E-state index is 11.0. The van der Waals surface area contributed by atoms with Crippen LogP contribution in [0.3, 0.4) is 0 Å². The molecule has 4 nitrogen and oxygen atoms in total. The summed E-state index contributed by atoms with van der Waals surface area (Å²) in [5.74, 6) is 0.492. The van der Waals surface area contributed by atoms with E-state index in [1.807, 2.05) is 19.1 Å². The van der Waals surface area contributed by atoms with E-state index in [4.69, 9.17) is 4.74 Å². The molecule has 0 bridgehead atoms. The molecule has 0 fully saturated rings. The standard InChI is InChI=1S/C26H46O4S.Na/c1-4-6-8-10-12-14-17-24-18-16-20-26(30-23(3)21-22-31(27,28)29)25(24)19-15-13-11-9-7-5-2;/h16,18,20,23H,4-15,17,19,21-22H2,1-3H3,(H,27,28,29);/q;+1/p-1. The largest absolute Gasteiger partial charge is 1.00 e. The van der Waals surface area contributed by atoms with E-state index in [1.165, 1.54) is 81.8 Å². The van der Waals surface area contributed by atoms with E-state index >= 15 is 0 Å². The summed E-state index contributed by atoms with van der Waals surface area (Å²) in [6.07, 6.45) is 17.2. The third-order valence-corrected chi connectivity index (χ3v) is 6.65. The van der Waals surface area contributed by atoms with Gasteiger partial charge in [-0.15, -0.1) is 0 Å². The van der Waals surface area contributed by atoms with Crippen LogP contribution in [-0.2, 0) is 23.0 Å². The molecule has 1 aromatic rings. The summed E-state index contributed by atoms with van der Waals surface area (Å²) in [4.78, 5) is 0. The number of benzene rings is 1. The van der Waals surface area contributed by atoms with Crippen LogP contribution in [0.15, 0.2) is 18.2 Å². The quantitative estimate of drug-likeness (QED) is 0.171. The van der Waals surface area contributed by atoms with Gasteiger partial charge in [-0.05, 0) is 56.2 Å². The van der Waals surface area contributed by atoms with E-state index in [-0.39, 0.29) is 47.8 Å². The summed E-state index contributed by atoms with van der Waals surface area (Å²) in [7, 11) is -4.21. The van der Waals surface area contributed by atoms with Gasteiger partial charge in [0.15, 0.2) is 0 Å². The number of hydrogen-bond donors (Lipinski definition) is 0. The first-order chi connectivity index (χ1) is 14.9. The second-order valence-corrected chi connectivity index (χ2v) is 10.4. The Balaban J connectivity index is 0.00000961. The summed E-state index contributed by atoms with van der Waals surface area (Å²) in [5, 5.41) is 0. The van der Waals surface area contributed by atoms with Gasteiger partial charge in [0.05, 0.1) is 16.2 Å². The number of ether oxygens (including phenoxy) is 1. The number of hydrogen-bond acceptors (Lipinski definition) is 4. The fraction of sp³-hybridized carbons (Fsp3) is 0.769. The first kappa shape index (κ1) is 31.9. The molecule has 0 saturated heterocycles. The predicted molar refractivity (Wildman–Crippen MR) is 130 cm³/mol. The monoisotopic (exact) mass is 476 g/mol. The molecule has 0 radical (unpaired) electrons. The average Bonchev–Trinajstić information content (AvgIpc) is 2.72. The van der Waals surface area contributed by atoms with E-state index in [9.17, 15) is 13.0 Å². The fourth-order valence-corrected chi connectivity index (χ4v) is 4.62. The van der Waals surface area contributed by atoms with Gasteiger partial charge in [0.2, 0.25) is 0 Å². The molecule has 6 heteroatoms. The van der Waals surface area contributed by atoms with Gasteiger partial charge < -0.3 is 9.29 Å². The molecule has 1 atom stereocenters. The van der Waals surface area contributed by atoms with Gasteiger partial charge in [-0.2, -0.15) is 0 Å². The molecule has 1 aromatic carbocycles. The van der Waals surface area contributed by atoms with Crippen molar-refractivity contribution in [2.75, 3.05) is 5.75 Å². The van der Waals surface area contributed by atoms with Gasteiger partial charge in [-0.25, -0.2) is 8.42 Å². The molecule has 32 heavy (non-hydrogen) atoms. The van der Waals surface area contributed by atoms with Crippen molar-refractivity contribution in [2.45, 2.75) is 123 Å². The molecule has 0 saturated carbocycles. The third-order valence-electron chi connectivity index (χ3n) is 5.91. The zero-order valence-electron chi connectivity index (χ0n) is 21.2. The van der Waals surface area contributed by atoms with Gasteiger partial charge >= 0.3 is 29.6 Å². The summed E-state index contributed by atoms with van der Waals surface area (Å²) in [5.41, 5.74) is 2.65. The minimum absolute atomic E-state index is 0. The maximum absolute atomic E-state index is 11.0. The van der Waals surface area contributed by atoms with Gasteiger partial charge in [-0.1, -0.05) is 90.2 Å². The number of rotatable bonds is 19. The fourth-order valence-electron chi connectivity index (χ4n) is 4.00. The van der Waals surface area contributed by atoms with E-state index in [1.54, 1.807) is 0 Å². The normalized spacial score (nSPS) is 12.4. The minimum Gasteiger partial charge on any atom is -0.748 e. The molecule has 0 aliphatic heterocycles. The van der Waals surface area contributed by atoms with Gasteiger partial charge in [0.25, 0.3) is 0 Å². The van der Waals surface area contributed by atoms with Gasteiger partial charge in [0.1, 0.15) is 5.75 Å². The second kappa shape index (κ2) is 19.3. The summed E-state index contributed by atoms with van der Waals surface area (Å²) in [6, 6.07) is 6.26. The Hall–Kier alpha value is -0.0700. The zero-order valence-corrected chi connectivity index (χ0v) is 24.0. The van der Waals surface area contributed by atoms with Crippen molar-refractivity contribution in [2.24, 2.45) is 0 Å². The predicted octanol–water partition coefficient (Wildman–Crippen LogP) is 4.20. The molecular weight excluding hydrogens is 431 g/mol. The molecular formula is C26H45NaO4S. The second-order valence-electron chi connectivity index (χ2n) is 8.91. The Morgan fingerprint density at radius 1 is 0.844 bits per heavy atom. The summed E-state index contributed by atoms with van der Waals surface area (Å²) < 4.78 is 39.0. The number of unbranched alkanes of at least 4 members (excludes halogenated alkanes) is 10. The van der Waals surface area contributed by atoms with Crippen molar-refractivity contribution < 1.29 is 47.3 Å². The van der Waals surface area contributed by atoms with Crippen molar-refractivity contribution in [1.29, 1.82) is 0 Å². The molecule has 0 amide bonds. The zero-order chi connectivity index (χ0) is 23.0. The van der Waals surface area contributed by atoms with Crippen LogP contribution in [0.2, 0.25) is 0 Å². The Morgan fingerprint density at radius 3 is 1.94 bits per heavy atom. The van der Waals surface area contributed by atoms with Crippen LogP contribution in [0.25, 0.3) is 0 Å². The smallest absolute Gasteiger partial charge is 0.748 e. The molecule has 0 aliphatic carbocycles. The topological polar surface area (TPSA) is 66.4 Å². The minimum atomic E-state index is -4.21. The molecule has 1 rings (SSSR count). The molecule has 0 heterocycles. The summed E-state index contributed by atoms with van der Waals surface area (Å²) in [6.45, 7) is 6.33. The SMILES string of the molecule is CCCCCCCCc1cccc(OC(C)CCS(=O)(=O)[O-])c1CCCCCCCC.[Na+]. The van der Waals surface area contributed by atoms with E-state index < -0.39 is 10.1 Å². The van der Waals surface area contributed by atoms with Gasteiger partial charge in [0, 0.05) is 5.75 Å². The Bertz CT molecular complexity index is 691. The van der Waals surface area contributed by atoms with Crippen LogP contribution in [0.5, 0.6) is 5.75 Å². The van der Waals surface area contributed by atoms with Crippen molar-refractivity contribution >= 4 is 10.1 Å². The average molecular weight is 477 g/mol. The molecule has 0 N–H and O–H groups in total. The van der Waals surface area contributed by atoms with Crippen LogP contribution in [0.1, 0.15) is 115 Å². The molecule has 0 spiro atoms. The van der Waals surface area contributed by atoms with Crippen LogP contribution in [-0.4, -0.2) is 24.8 Å². The first-order valence-electron chi connectivity index (χ1n) is 12.6. The van der Waals surface area contributed by atoms with Crippen LogP contribution < -0.4 is 34.3 Å². The molecule has 0 aliphatic rings. The van der Waals surface area contributed by atoms with Crippen LogP contribution in [0, 0.1) is 0 Å². The maximum Gasteiger partial charge on any atom is 1.00 e. The van der Waals surface area contributed by atoms with Gasteiger partial charge in [-0.3, -0.25) is 0 Å². The molecule has 0 aromatic heterocycles. The van der Waals surface area contributed by atoms with E-state index in [0.29, 0.717) is 0 Å². The Morgan fingerprint density at radius 2 is 1.38 bits per heavy atom. The van der Waals surface area contributed by atoms with E-state index in [2.05, 4.69) is 19.9 Å². The van der Waals surface area contributed by atoms with E-state index in [0.717, 1.165) is 25.0 Å². The summed E-state index contributed by atoms with van der Waals surface area (Å²) >= 11 is 0. The number of aryl methyl sites for hydroxylation is 1. The third kappa shape index (κ3) is 15.7. The Labute approximate surface area is 220 Å². The van der Waals surface area contributed by atoms with Crippen molar-refractivity contribution in [3.05, 3.63) is 29.3 Å². The first-order valence-corrected chi connectivity index (χ1v) is 14.2. The van der Waals surface area contributed by atoms with Crippen molar-refractivity contribution in [3.63, 3.8) is 0 Å². The molecule has 1 unspecified atom stereocenters.